The molecule has 0 spiro atoms. The lowest BCUT2D eigenvalue weighted by Crippen LogP contribution is -2.21. The van der Waals surface area contributed by atoms with Gasteiger partial charge in [0.25, 0.3) is 0 Å². The van der Waals surface area contributed by atoms with E-state index < -0.39 is 11.7 Å². The van der Waals surface area contributed by atoms with E-state index in [9.17, 15) is 13.2 Å². The molecule has 1 unspecified atom stereocenters. The van der Waals surface area contributed by atoms with Crippen LogP contribution in [0.25, 0.3) is 0 Å². The van der Waals surface area contributed by atoms with Crippen LogP contribution in [0.4, 0.5) is 24.7 Å². The maximum Gasteiger partial charge on any atom is 0.421 e. The highest BCUT2D eigenvalue weighted by atomic mass is 19.4. The summed E-state index contributed by atoms with van der Waals surface area (Å²) in [6.07, 6.45) is 0.932. The lowest BCUT2D eigenvalue weighted by atomic mass is 10.2. The van der Waals surface area contributed by atoms with Crippen molar-refractivity contribution >= 4 is 11.5 Å². The summed E-state index contributed by atoms with van der Waals surface area (Å²) in [6, 6.07) is 6.86. The number of anilines is 2. The van der Waals surface area contributed by atoms with E-state index in [-0.39, 0.29) is 24.0 Å². The second-order valence-corrected chi connectivity index (χ2v) is 7.30. The van der Waals surface area contributed by atoms with E-state index in [2.05, 4.69) is 9.97 Å². The standard InChI is InChI=1S/C21H26F3N3O2/c1-4-14(2)28-17-11-9-15(10-12-17)27(3)19-18(21(22,23)24)13-25-20(26-19)29-16-7-5-6-8-16/h9-14,16H,4-8H2,1-3H3. The summed E-state index contributed by atoms with van der Waals surface area (Å²) >= 11 is 0. The Balaban J connectivity index is 1.87. The van der Waals surface area contributed by atoms with Crippen LogP contribution in [0.5, 0.6) is 11.8 Å². The molecule has 0 amide bonds. The van der Waals surface area contributed by atoms with Crippen LogP contribution >= 0.6 is 0 Å². The molecular formula is C21H26F3N3O2. The average Bonchev–Trinajstić information content (AvgIpc) is 3.20. The Hall–Kier alpha value is -2.51. The molecule has 1 aromatic carbocycles. The average molecular weight is 409 g/mol. The predicted molar refractivity (Wildman–Crippen MR) is 105 cm³/mol. The van der Waals surface area contributed by atoms with E-state index in [0.717, 1.165) is 38.3 Å². The molecule has 2 aromatic rings. The van der Waals surface area contributed by atoms with Crippen LogP contribution in [0.2, 0.25) is 0 Å². The third-order valence-electron chi connectivity index (χ3n) is 5.08. The van der Waals surface area contributed by atoms with Crippen molar-refractivity contribution in [1.82, 2.24) is 9.97 Å². The number of ether oxygens (including phenoxy) is 2. The quantitative estimate of drug-likeness (QED) is 0.582. The molecule has 0 saturated heterocycles. The molecule has 0 N–H and O–H groups in total. The summed E-state index contributed by atoms with van der Waals surface area (Å²) in [4.78, 5) is 9.29. The second kappa shape index (κ2) is 8.88. The molecule has 1 fully saturated rings. The molecule has 3 rings (SSSR count). The van der Waals surface area contributed by atoms with Gasteiger partial charge in [0.2, 0.25) is 0 Å². The maximum atomic E-state index is 13.5. The van der Waals surface area contributed by atoms with Gasteiger partial charge in [-0.25, -0.2) is 4.98 Å². The SMILES string of the molecule is CCC(C)Oc1ccc(N(C)c2nc(OC3CCCC3)ncc2C(F)(F)F)cc1. The van der Waals surface area contributed by atoms with Gasteiger partial charge in [-0.05, 0) is 63.3 Å². The summed E-state index contributed by atoms with van der Waals surface area (Å²) in [6.45, 7) is 3.98. The van der Waals surface area contributed by atoms with Gasteiger partial charge in [-0.2, -0.15) is 18.2 Å². The Morgan fingerprint density at radius 3 is 2.41 bits per heavy atom. The van der Waals surface area contributed by atoms with Crippen LogP contribution in [0.15, 0.2) is 30.5 Å². The van der Waals surface area contributed by atoms with E-state index >= 15 is 0 Å². The van der Waals surface area contributed by atoms with Crippen molar-refractivity contribution in [3.05, 3.63) is 36.0 Å². The van der Waals surface area contributed by atoms with E-state index in [1.54, 1.807) is 31.3 Å². The molecule has 1 saturated carbocycles. The van der Waals surface area contributed by atoms with Gasteiger partial charge in [0, 0.05) is 18.9 Å². The van der Waals surface area contributed by atoms with Crippen molar-refractivity contribution in [3.63, 3.8) is 0 Å². The molecule has 5 nitrogen and oxygen atoms in total. The molecule has 1 aliphatic carbocycles. The molecule has 1 aliphatic rings. The zero-order valence-corrected chi connectivity index (χ0v) is 16.9. The number of benzene rings is 1. The Morgan fingerprint density at radius 2 is 1.83 bits per heavy atom. The number of nitrogens with zero attached hydrogens (tertiary/aromatic N) is 3. The molecule has 0 radical (unpaired) electrons. The largest absolute Gasteiger partial charge is 0.491 e. The van der Waals surface area contributed by atoms with Crippen molar-refractivity contribution in [2.24, 2.45) is 0 Å². The predicted octanol–water partition coefficient (Wildman–Crippen LogP) is 5.76. The minimum absolute atomic E-state index is 0.0246. The first kappa shape index (κ1) is 21.2. The van der Waals surface area contributed by atoms with E-state index in [1.165, 1.54) is 4.90 Å². The lowest BCUT2D eigenvalue weighted by Gasteiger charge is -2.23. The summed E-state index contributed by atoms with van der Waals surface area (Å²) in [5.41, 5.74) is -0.351. The Labute approximate surface area is 168 Å². The summed E-state index contributed by atoms with van der Waals surface area (Å²) in [7, 11) is 1.54. The van der Waals surface area contributed by atoms with Gasteiger partial charge >= 0.3 is 12.2 Å². The highest BCUT2D eigenvalue weighted by Gasteiger charge is 2.37. The normalized spacial score (nSPS) is 15.9. The van der Waals surface area contributed by atoms with E-state index in [0.29, 0.717) is 11.4 Å². The molecule has 0 bridgehead atoms. The Bertz CT molecular complexity index is 806. The monoisotopic (exact) mass is 409 g/mol. The zero-order chi connectivity index (χ0) is 21.0. The third kappa shape index (κ3) is 5.31. The van der Waals surface area contributed by atoms with Gasteiger partial charge in [0.05, 0.1) is 6.10 Å². The molecule has 1 heterocycles. The smallest absolute Gasteiger partial charge is 0.421 e. The fourth-order valence-corrected chi connectivity index (χ4v) is 3.21. The van der Waals surface area contributed by atoms with Crippen LogP contribution < -0.4 is 14.4 Å². The first-order valence-corrected chi connectivity index (χ1v) is 9.89. The lowest BCUT2D eigenvalue weighted by molar-refractivity contribution is -0.137. The van der Waals surface area contributed by atoms with Gasteiger partial charge in [0.1, 0.15) is 17.4 Å². The summed E-state index contributed by atoms with van der Waals surface area (Å²) in [5, 5.41) is 0. The minimum atomic E-state index is -4.57. The molecular weight excluding hydrogens is 383 g/mol. The van der Waals surface area contributed by atoms with Gasteiger partial charge in [-0.15, -0.1) is 0 Å². The van der Waals surface area contributed by atoms with E-state index in [1.807, 2.05) is 13.8 Å². The number of rotatable bonds is 7. The summed E-state index contributed by atoms with van der Waals surface area (Å²) in [5.74, 6) is 0.427. The number of aromatic nitrogens is 2. The van der Waals surface area contributed by atoms with Crippen LogP contribution in [-0.4, -0.2) is 29.2 Å². The number of alkyl halides is 3. The number of halogens is 3. The molecule has 158 valence electrons. The van der Waals surface area contributed by atoms with Crippen molar-refractivity contribution in [2.45, 2.75) is 64.3 Å². The Kier molecular flexibility index (Phi) is 6.49. The maximum absolute atomic E-state index is 13.5. The highest BCUT2D eigenvalue weighted by Crippen LogP contribution is 2.38. The van der Waals surface area contributed by atoms with Crippen molar-refractivity contribution in [3.8, 4) is 11.8 Å². The summed E-state index contributed by atoms with van der Waals surface area (Å²) < 4.78 is 52.1. The van der Waals surface area contributed by atoms with Crippen molar-refractivity contribution < 1.29 is 22.6 Å². The first-order chi connectivity index (χ1) is 13.8. The third-order valence-corrected chi connectivity index (χ3v) is 5.08. The van der Waals surface area contributed by atoms with Crippen molar-refractivity contribution in [1.29, 1.82) is 0 Å². The van der Waals surface area contributed by atoms with Crippen molar-refractivity contribution in [2.75, 3.05) is 11.9 Å². The van der Waals surface area contributed by atoms with Crippen LogP contribution in [0.3, 0.4) is 0 Å². The molecule has 29 heavy (non-hydrogen) atoms. The van der Waals surface area contributed by atoms with Gasteiger partial charge < -0.3 is 14.4 Å². The van der Waals surface area contributed by atoms with Gasteiger partial charge in [-0.3, -0.25) is 0 Å². The topological polar surface area (TPSA) is 47.5 Å². The zero-order valence-electron chi connectivity index (χ0n) is 16.9. The van der Waals surface area contributed by atoms with E-state index in [4.69, 9.17) is 9.47 Å². The molecule has 1 atom stereocenters. The minimum Gasteiger partial charge on any atom is -0.491 e. The molecule has 8 heteroatoms. The second-order valence-electron chi connectivity index (χ2n) is 7.30. The molecule has 1 aromatic heterocycles. The van der Waals surface area contributed by atoms with Crippen LogP contribution in [0.1, 0.15) is 51.5 Å². The Morgan fingerprint density at radius 1 is 1.17 bits per heavy atom. The first-order valence-electron chi connectivity index (χ1n) is 9.89. The fraction of sp³-hybridized carbons (Fsp3) is 0.524. The number of hydrogen-bond donors (Lipinski definition) is 0. The van der Waals surface area contributed by atoms with Gasteiger partial charge in [0.15, 0.2) is 5.82 Å². The van der Waals surface area contributed by atoms with Crippen LogP contribution in [0, 0.1) is 0 Å². The van der Waals surface area contributed by atoms with Gasteiger partial charge in [-0.1, -0.05) is 6.92 Å². The fourth-order valence-electron chi connectivity index (χ4n) is 3.21. The highest BCUT2D eigenvalue weighted by molar-refractivity contribution is 5.63. The molecule has 0 aliphatic heterocycles. The number of hydrogen-bond acceptors (Lipinski definition) is 5. The van der Waals surface area contributed by atoms with Crippen LogP contribution in [-0.2, 0) is 6.18 Å².